The first-order chi connectivity index (χ1) is 12.4. The number of nitrogens with zero attached hydrogens (tertiary/aromatic N) is 4. The second kappa shape index (κ2) is 7.26. The second-order valence-electron chi connectivity index (χ2n) is 5.58. The van der Waals surface area contributed by atoms with Crippen LogP contribution in [0.15, 0.2) is 42.6 Å². The highest BCUT2D eigenvalue weighted by atomic mass is 19.2. The van der Waals surface area contributed by atoms with Crippen LogP contribution in [0, 0.1) is 17.5 Å². The summed E-state index contributed by atoms with van der Waals surface area (Å²) >= 11 is 0. The minimum Gasteiger partial charge on any atom is -0.378 e. The van der Waals surface area contributed by atoms with Gasteiger partial charge in [-0.3, -0.25) is 0 Å². The van der Waals surface area contributed by atoms with Crippen molar-refractivity contribution in [3.05, 3.63) is 60.0 Å². The van der Waals surface area contributed by atoms with Crippen molar-refractivity contribution in [1.29, 1.82) is 0 Å². The molecule has 6 nitrogen and oxygen atoms in total. The molecule has 0 atom stereocenters. The SMILES string of the molecule is CN(C)c1ccc(Nc2nncc(Nc3ccc(F)c(F)c3F)n2)cc1. The van der Waals surface area contributed by atoms with Crippen LogP contribution in [0.25, 0.3) is 0 Å². The Hall–Kier alpha value is -3.36. The van der Waals surface area contributed by atoms with E-state index in [9.17, 15) is 13.2 Å². The zero-order valence-electron chi connectivity index (χ0n) is 14.0. The maximum absolute atomic E-state index is 13.7. The molecule has 0 saturated carbocycles. The van der Waals surface area contributed by atoms with Gasteiger partial charge >= 0.3 is 0 Å². The number of anilines is 5. The number of nitrogens with one attached hydrogen (secondary N) is 2. The fourth-order valence-corrected chi connectivity index (χ4v) is 2.15. The molecule has 2 N–H and O–H groups in total. The van der Waals surface area contributed by atoms with E-state index in [1.165, 1.54) is 6.20 Å². The molecule has 0 aliphatic rings. The molecule has 2 aromatic carbocycles. The number of halogens is 3. The molecule has 0 fully saturated rings. The van der Waals surface area contributed by atoms with Crippen LogP contribution in [0.2, 0.25) is 0 Å². The van der Waals surface area contributed by atoms with Crippen molar-refractivity contribution < 1.29 is 13.2 Å². The summed E-state index contributed by atoms with van der Waals surface area (Å²) in [5.41, 5.74) is 1.50. The zero-order chi connectivity index (χ0) is 18.7. The van der Waals surface area contributed by atoms with E-state index in [4.69, 9.17) is 0 Å². The van der Waals surface area contributed by atoms with E-state index >= 15 is 0 Å². The molecule has 134 valence electrons. The quantitative estimate of drug-likeness (QED) is 0.674. The van der Waals surface area contributed by atoms with Gasteiger partial charge in [0.15, 0.2) is 23.3 Å². The van der Waals surface area contributed by atoms with Crippen molar-refractivity contribution >= 4 is 28.8 Å². The Bertz CT molecular complexity index is 915. The summed E-state index contributed by atoms with van der Waals surface area (Å²) in [6.45, 7) is 0. The molecule has 3 aromatic rings. The number of benzene rings is 2. The van der Waals surface area contributed by atoms with Gasteiger partial charge in [0, 0.05) is 25.5 Å². The predicted octanol–water partition coefficient (Wildman–Crippen LogP) is 3.84. The molecule has 0 aliphatic carbocycles. The summed E-state index contributed by atoms with van der Waals surface area (Å²) < 4.78 is 40.0. The molecule has 0 radical (unpaired) electrons. The minimum atomic E-state index is -1.56. The average Bonchev–Trinajstić information content (AvgIpc) is 2.63. The third kappa shape index (κ3) is 3.82. The highest BCUT2D eigenvalue weighted by Crippen LogP contribution is 2.23. The summed E-state index contributed by atoms with van der Waals surface area (Å²) in [5, 5.41) is 13.1. The summed E-state index contributed by atoms with van der Waals surface area (Å²) in [4.78, 5) is 6.09. The summed E-state index contributed by atoms with van der Waals surface area (Å²) in [5.74, 6) is -3.88. The normalized spacial score (nSPS) is 10.5. The van der Waals surface area contributed by atoms with Crippen molar-refractivity contribution in [2.45, 2.75) is 0 Å². The van der Waals surface area contributed by atoms with Crippen LogP contribution >= 0.6 is 0 Å². The van der Waals surface area contributed by atoms with Gasteiger partial charge in [-0.15, -0.1) is 5.10 Å². The highest BCUT2D eigenvalue weighted by molar-refractivity contribution is 5.61. The van der Waals surface area contributed by atoms with Crippen molar-refractivity contribution in [2.24, 2.45) is 0 Å². The lowest BCUT2D eigenvalue weighted by atomic mass is 10.2. The molecule has 0 aliphatic heterocycles. The van der Waals surface area contributed by atoms with Gasteiger partial charge < -0.3 is 15.5 Å². The molecule has 0 bridgehead atoms. The van der Waals surface area contributed by atoms with Gasteiger partial charge in [0.25, 0.3) is 0 Å². The summed E-state index contributed by atoms with van der Waals surface area (Å²) in [6, 6.07) is 9.40. The molecule has 0 unspecified atom stereocenters. The largest absolute Gasteiger partial charge is 0.378 e. The van der Waals surface area contributed by atoms with Crippen LogP contribution in [-0.2, 0) is 0 Å². The van der Waals surface area contributed by atoms with E-state index in [1.807, 2.05) is 43.3 Å². The number of rotatable bonds is 5. The maximum Gasteiger partial charge on any atom is 0.249 e. The smallest absolute Gasteiger partial charge is 0.249 e. The van der Waals surface area contributed by atoms with E-state index in [0.29, 0.717) is 0 Å². The number of hydrogen-bond acceptors (Lipinski definition) is 6. The lowest BCUT2D eigenvalue weighted by molar-refractivity contribution is 0.449. The maximum atomic E-state index is 13.7. The van der Waals surface area contributed by atoms with E-state index < -0.39 is 17.5 Å². The van der Waals surface area contributed by atoms with Crippen LogP contribution in [0.3, 0.4) is 0 Å². The Kier molecular flexibility index (Phi) is 4.87. The van der Waals surface area contributed by atoms with E-state index in [-0.39, 0.29) is 17.5 Å². The standard InChI is InChI=1S/C17H15F3N6/c1-26(2)11-5-3-10(4-6-11)22-17-24-14(9-21-25-17)23-13-8-7-12(18)15(19)16(13)20/h3-9H,1-2H3,(H2,22,23,24,25). The van der Waals surface area contributed by atoms with Crippen LogP contribution in [-0.4, -0.2) is 29.3 Å². The van der Waals surface area contributed by atoms with E-state index in [2.05, 4.69) is 25.8 Å². The Morgan fingerprint density at radius 3 is 2.31 bits per heavy atom. The minimum absolute atomic E-state index is 0.123. The van der Waals surface area contributed by atoms with Crippen molar-refractivity contribution in [2.75, 3.05) is 29.6 Å². The third-order valence-electron chi connectivity index (χ3n) is 3.50. The summed E-state index contributed by atoms with van der Waals surface area (Å²) in [7, 11) is 3.87. The average molecular weight is 360 g/mol. The lowest BCUT2D eigenvalue weighted by Gasteiger charge is -2.13. The van der Waals surface area contributed by atoms with Gasteiger partial charge in [-0.2, -0.15) is 10.1 Å². The Morgan fingerprint density at radius 1 is 0.885 bits per heavy atom. The predicted molar refractivity (Wildman–Crippen MR) is 93.5 cm³/mol. The van der Waals surface area contributed by atoms with Gasteiger partial charge in [0.1, 0.15) is 0 Å². The van der Waals surface area contributed by atoms with Gasteiger partial charge in [0.2, 0.25) is 5.95 Å². The fraction of sp³-hybridized carbons (Fsp3) is 0.118. The van der Waals surface area contributed by atoms with Gasteiger partial charge in [-0.05, 0) is 36.4 Å². The molecule has 0 spiro atoms. The van der Waals surface area contributed by atoms with Crippen molar-refractivity contribution in [3.8, 4) is 0 Å². The first-order valence-corrected chi connectivity index (χ1v) is 7.58. The summed E-state index contributed by atoms with van der Waals surface area (Å²) in [6.07, 6.45) is 1.24. The van der Waals surface area contributed by atoms with Crippen LogP contribution in [0.5, 0.6) is 0 Å². The van der Waals surface area contributed by atoms with Crippen molar-refractivity contribution in [3.63, 3.8) is 0 Å². The van der Waals surface area contributed by atoms with Gasteiger partial charge in [-0.25, -0.2) is 13.2 Å². The third-order valence-corrected chi connectivity index (χ3v) is 3.50. The number of hydrogen-bond donors (Lipinski definition) is 2. The molecular weight excluding hydrogens is 345 g/mol. The van der Waals surface area contributed by atoms with Crippen LogP contribution in [0.4, 0.5) is 42.0 Å². The van der Waals surface area contributed by atoms with E-state index in [0.717, 1.165) is 23.5 Å². The number of aromatic nitrogens is 3. The first-order valence-electron chi connectivity index (χ1n) is 7.58. The second-order valence-corrected chi connectivity index (χ2v) is 5.58. The van der Waals surface area contributed by atoms with Crippen molar-refractivity contribution in [1.82, 2.24) is 15.2 Å². The molecule has 3 rings (SSSR count). The molecular formula is C17H15F3N6. The molecule has 26 heavy (non-hydrogen) atoms. The Morgan fingerprint density at radius 2 is 1.62 bits per heavy atom. The van der Waals surface area contributed by atoms with Crippen LogP contribution < -0.4 is 15.5 Å². The zero-order valence-corrected chi connectivity index (χ0v) is 14.0. The Labute approximate surface area is 147 Å². The van der Waals surface area contributed by atoms with Gasteiger partial charge in [0.05, 0.1) is 11.9 Å². The molecule has 1 aromatic heterocycles. The highest BCUT2D eigenvalue weighted by Gasteiger charge is 2.14. The van der Waals surface area contributed by atoms with Gasteiger partial charge in [-0.1, -0.05) is 0 Å². The monoisotopic (exact) mass is 360 g/mol. The van der Waals surface area contributed by atoms with Crippen LogP contribution in [0.1, 0.15) is 0 Å². The fourth-order valence-electron chi connectivity index (χ4n) is 2.15. The molecule has 0 saturated heterocycles. The molecule has 0 amide bonds. The topological polar surface area (TPSA) is 66.0 Å². The molecule has 1 heterocycles. The first kappa shape index (κ1) is 17.5. The lowest BCUT2D eigenvalue weighted by Crippen LogP contribution is -2.08. The molecule has 9 heteroatoms. The van der Waals surface area contributed by atoms with E-state index in [1.54, 1.807) is 0 Å². The Balaban J connectivity index is 1.77.